The van der Waals surface area contributed by atoms with Crippen LogP contribution < -0.4 is 5.32 Å². The van der Waals surface area contributed by atoms with Crippen molar-refractivity contribution in [2.45, 2.75) is 32.8 Å². The van der Waals surface area contributed by atoms with E-state index in [1.165, 1.54) is 4.90 Å². The summed E-state index contributed by atoms with van der Waals surface area (Å²) in [4.78, 5) is 24.9. The Balaban J connectivity index is 2.26. The fraction of sp³-hybridized carbons (Fsp3) is 0.500. The van der Waals surface area contributed by atoms with Gasteiger partial charge in [-0.15, -0.1) is 0 Å². The van der Waals surface area contributed by atoms with Gasteiger partial charge in [0, 0.05) is 20.1 Å². The molecule has 0 fully saturated rings. The molecule has 5 nitrogen and oxygen atoms in total. The molecule has 0 aromatic heterocycles. The number of carbonyl (C=O) groups excluding carboxylic acids is 2. The second kappa shape index (κ2) is 7.67. The maximum absolute atomic E-state index is 11.7. The van der Waals surface area contributed by atoms with Crippen LogP contribution in [-0.4, -0.2) is 42.6 Å². The van der Waals surface area contributed by atoms with Gasteiger partial charge in [0.25, 0.3) is 0 Å². The average molecular weight is 292 g/mol. The number of carbonyl (C=O) groups is 2. The monoisotopic (exact) mass is 292 g/mol. The van der Waals surface area contributed by atoms with E-state index < -0.39 is 5.60 Å². The molecule has 1 N–H and O–H groups in total. The number of likely N-dealkylation sites (N-methyl/N-ethyl adjacent to an activating group) is 1. The van der Waals surface area contributed by atoms with E-state index in [1.807, 2.05) is 51.1 Å². The van der Waals surface area contributed by atoms with Crippen LogP contribution in [0.2, 0.25) is 0 Å². The second-order valence-corrected chi connectivity index (χ2v) is 5.91. The van der Waals surface area contributed by atoms with Gasteiger partial charge in [0.15, 0.2) is 0 Å². The van der Waals surface area contributed by atoms with Crippen molar-refractivity contribution in [3.8, 4) is 0 Å². The number of rotatable bonds is 5. The van der Waals surface area contributed by atoms with Gasteiger partial charge in [-0.25, -0.2) is 4.79 Å². The summed E-state index contributed by atoms with van der Waals surface area (Å²) in [5.41, 5.74) is 0.456. The number of nitrogens with zero attached hydrogens (tertiary/aromatic N) is 1. The van der Waals surface area contributed by atoms with Gasteiger partial charge in [-0.05, 0) is 26.3 Å². The smallest absolute Gasteiger partial charge is 0.410 e. The van der Waals surface area contributed by atoms with Crippen LogP contribution in [0.15, 0.2) is 30.3 Å². The van der Waals surface area contributed by atoms with Gasteiger partial charge in [0.05, 0.1) is 6.42 Å². The lowest BCUT2D eigenvalue weighted by Gasteiger charge is -2.24. The zero-order valence-corrected chi connectivity index (χ0v) is 13.2. The van der Waals surface area contributed by atoms with Crippen LogP contribution in [0.4, 0.5) is 4.79 Å². The van der Waals surface area contributed by atoms with Gasteiger partial charge in [-0.3, -0.25) is 4.79 Å². The van der Waals surface area contributed by atoms with Crippen molar-refractivity contribution in [3.63, 3.8) is 0 Å². The first-order chi connectivity index (χ1) is 9.78. The summed E-state index contributed by atoms with van der Waals surface area (Å²) in [5, 5.41) is 2.79. The van der Waals surface area contributed by atoms with Crippen molar-refractivity contribution < 1.29 is 14.3 Å². The third-order valence-corrected chi connectivity index (χ3v) is 2.68. The molecule has 1 aromatic rings. The second-order valence-electron chi connectivity index (χ2n) is 5.91. The number of amides is 2. The third-order valence-electron chi connectivity index (χ3n) is 2.68. The lowest BCUT2D eigenvalue weighted by atomic mass is 10.1. The normalized spacial score (nSPS) is 10.9. The van der Waals surface area contributed by atoms with Crippen LogP contribution in [0.5, 0.6) is 0 Å². The zero-order chi connectivity index (χ0) is 15.9. The fourth-order valence-corrected chi connectivity index (χ4v) is 1.64. The van der Waals surface area contributed by atoms with Crippen molar-refractivity contribution in [2.75, 3.05) is 20.1 Å². The molecular weight excluding hydrogens is 268 g/mol. The van der Waals surface area contributed by atoms with Gasteiger partial charge in [-0.2, -0.15) is 0 Å². The Kier molecular flexibility index (Phi) is 6.21. The summed E-state index contributed by atoms with van der Waals surface area (Å²) in [5.74, 6) is -0.0567. The lowest BCUT2D eigenvalue weighted by molar-refractivity contribution is -0.120. The number of hydrogen-bond acceptors (Lipinski definition) is 3. The zero-order valence-electron chi connectivity index (χ0n) is 13.2. The highest BCUT2D eigenvalue weighted by atomic mass is 16.6. The molecule has 0 saturated carbocycles. The summed E-state index contributed by atoms with van der Waals surface area (Å²) in [6, 6.07) is 9.54. The van der Waals surface area contributed by atoms with Crippen LogP contribution in [-0.2, 0) is 16.0 Å². The maximum atomic E-state index is 11.7. The fourth-order valence-electron chi connectivity index (χ4n) is 1.64. The molecule has 2 amide bonds. The van der Waals surface area contributed by atoms with Crippen LogP contribution in [0, 0.1) is 0 Å². The first-order valence-corrected chi connectivity index (χ1v) is 7.02. The number of nitrogens with one attached hydrogen (secondary N) is 1. The van der Waals surface area contributed by atoms with E-state index in [4.69, 9.17) is 4.74 Å². The van der Waals surface area contributed by atoms with Crippen molar-refractivity contribution in [2.24, 2.45) is 0 Å². The van der Waals surface area contributed by atoms with Crippen molar-refractivity contribution in [3.05, 3.63) is 35.9 Å². The SMILES string of the molecule is CN(CCNC(=O)Cc1ccccc1)C(=O)OC(C)(C)C. The molecule has 0 unspecified atom stereocenters. The minimum absolute atomic E-state index is 0.0567. The highest BCUT2D eigenvalue weighted by molar-refractivity contribution is 5.78. The van der Waals surface area contributed by atoms with E-state index in [9.17, 15) is 9.59 Å². The molecule has 1 aromatic carbocycles. The predicted octanol–water partition coefficient (Wildman–Crippen LogP) is 2.21. The third kappa shape index (κ3) is 7.34. The molecule has 0 atom stereocenters. The minimum Gasteiger partial charge on any atom is -0.444 e. The average Bonchev–Trinajstić information content (AvgIpc) is 2.37. The quantitative estimate of drug-likeness (QED) is 0.905. The summed E-state index contributed by atoms with van der Waals surface area (Å²) < 4.78 is 5.23. The Labute approximate surface area is 126 Å². The van der Waals surface area contributed by atoms with Crippen molar-refractivity contribution in [1.82, 2.24) is 10.2 Å². The van der Waals surface area contributed by atoms with Crippen molar-refractivity contribution in [1.29, 1.82) is 0 Å². The highest BCUT2D eigenvalue weighted by Crippen LogP contribution is 2.08. The minimum atomic E-state index is -0.512. The summed E-state index contributed by atoms with van der Waals surface area (Å²) in [6.45, 7) is 6.28. The molecular formula is C16H24N2O3. The first kappa shape index (κ1) is 17.0. The first-order valence-electron chi connectivity index (χ1n) is 7.02. The Morgan fingerprint density at radius 3 is 2.38 bits per heavy atom. The molecule has 21 heavy (non-hydrogen) atoms. The Hall–Kier alpha value is -2.04. The lowest BCUT2D eigenvalue weighted by Crippen LogP contribution is -2.39. The van der Waals surface area contributed by atoms with Crippen LogP contribution in [0.25, 0.3) is 0 Å². The molecule has 0 saturated heterocycles. The molecule has 0 aliphatic heterocycles. The number of hydrogen-bond donors (Lipinski definition) is 1. The van der Waals surface area contributed by atoms with Gasteiger partial charge in [0.1, 0.15) is 5.60 Å². The van der Waals surface area contributed by atoms with Gasteiger partial charge in [0.2, 0.25) is 5.91 Å². The van der Waals surface area contributed by atoms with Crippen LogP contribution >= 0.6 is 0 Å². The molecule has 0 radical (unpaired) electrons. The molecule has 1 rings (SSSR count). The standard InChI is InChI=1S/C16H24N2O3/c1-16(2,3)21-15(20)18(4)11-10-17-14(19)12-13-8-6-5-7-9-13/h5-9H,10-12H2,1-4H3,(H,17,19). The van der Waals surface area contributed by atoms with Crippen LogP contribution in [0.3, 0.4) is 0 Å². The molecule has 0 bridgehead atoms. The van der Waals surface area contributed by atoms with E-state index in [-0.39, 0.29) is 12.0 Å². The predicted molar refractivity (Wildman–Crippen MR) is 82.0 cm³/mol. The van der Waals surface area contributed by atoms with E-state index >= 15 is 0 Å². The van der Waals surface area contributed by atoms with Crippen LogP contribution in [0.1, 0.15) is 26.3 Å². The molecule has 5 heteroatoms. The van der Waals surface area contributed by atoms with E-state index in [0.29, 0.717) is 19.5 Å². The highest BCUT2D eigenvalue weighted by Gasteiger charge is 2.19. The van der Waals surface area contributed by atoms with E-state index in [0.717, 1.165) is 5.56 Å². The number of benzene rings is 1. The summed E-state index contributed by atoms with van der Waals surface area (Å²) >= 11 is 0. The van der Waals surface area contributed by atoms with Gasteiger partial charge >= 0.3 is 6.09 Å². The molecule has 0 aliphatic rings. The molecule has 0 aliphatic carbocycles. The molecule has 116 valence electrons. The molecule has 0 heterocycles. The Morgan fingerprint density at radius 2 is 1.81 bits per heavy atom. The Morgan fingerprint density at radius 1 is 1.19 bits per heavy atom. The van der Waals surface area contributed by atoms with Crippen molar-refractivity contribution >= 4 is 12.0 Å². The number of ether oxygens (including phenoxy) is 1. The largest absolute Gasteiger partial charge is 0.444 e. The summed E-state index contributed by atoms with van der Waals surface area (Å²) in [7, 11) is 1.65. The van der Waals surface area contributed by atoms with Gasteiger partial charge < -0.3 is 15.0 Å². The van der Waals surface area contributed by atoms with E-state index in [2.05, 4.69) is 5.32 Å². The summed E-state index contributed by atoms with van der Waals surface area (Å²) in [6.07, 6.45) is -0.0448. The van der Waals surface area contributed by atoms with E-state index in [1.54, 1.807) is 7.05 Å². The molecule has 0 spiro atoms. The maximum Gasteiger partial charge on any atom is 0.410 e. The topological polar surface area (TPSA) is 58.6 Å². The Bertz CT molecular complexity index is 466. The van der Waals surface area contributed by atoms with Gasteiger partial charge in [-0.1, -0.05) is 30.3 Å².